The van der Waals surface area contributed by atoms with E-state index in [-0.39, 0.29) is 16.5 Å². The van der Waals surface area contributed by atoms with Gasteiger partial charge in [-0.05, 0) is 38.0 Å². The Bertz CT molecular complexity index is 714. The smallest absolute Gasteiger partial charge is 0.338 e. The number of nitrogens with one attached hydrogen (secondary N) is 1. The number of sulfonamides is 1. The van der Waals surface area contributed by atoms with Gasteiger partial charge in [-0.3, -0.25) is 4.79 Å². The number of carbonyl (C=O) groups is 2. The summed E-state index contributed by atoms with van der Waals surface area (Å²) >= 11 is 0. The average Bonchev–Trinajstić information content (AvgIpc) is 2.56. The van der Waals surface area contributed by atoms with E-state index in [1.165, 1.54) is 35.6 Å². The number of ether oxygens (including phenoxy) is 1. The highest BCUT2D eigenvalue weighted by atomic mass is 32.2. The van der Waals surface area contributed by atoms with Crippen LogP contribution in [0.15, 0.2) is 29.2 Å². The van der Waals surface area contributed by atoms with Crippen molar-refractivity contribution in [2.24, 2.45) is 5.92 Å². The van der Waals surface area contributed by atoms with Crippen molar-refractivity contribution in [2.75, 3.05) is 20.2 Å². The zero-order chi connectivity index (χ0) is 19.2. The van der Waals surface area contributed by atoms with E-state index in [1.807, 2.05) is 13.8 Å². The first-order valence-corrected chi connectivity index (χ1v) is 9.51. The monoisotopic (exact) mass is 370 g/mol. The van der Waals surface area contributed by atoms with Crippen molar-refractivity contribution >= 4 is 21.9 Å². The van der Waals surface area contributed by atoms with E-state index in [1.54, 1.807) is 13.8 Å². The van der Waals surface area contributed by atoms with Gasteiger partial charge in [-0.1, -0.05) is 19.9 Å². The lowest BCUT2D eigenvalue weighted by Crippen LogP contribution is -2.33. The summed E-state index contributed by atoms with van der Waals surface area (Å²) in [6.45, 7) is 7.50. The topological polar surface area (TPSA) is 92.8 Å². The molecule has 0 aliphatic carbocycles. The van der Waals surface area contributed by atoms with Gasteiger partial charge in [0, 0.05) is 19.6 Å². The second kappa shape index (κ2) is 8.96. The molecule has 0 aromatic heterocycles. The van der Waals surface area contributed by atoms with Crippen molar-refractivity contribution in [2.45, 2.75) is 38.6 Å². The van der Waals surface area contributed by atoms with Gasteiger partial charge in [0.15, 0.2) is 6.61 Å². The Morgan fingerprint density at radius 1 is 1.20 bits per heavy atom. The van der Waals surface area contributed by atoms with Crippen LogP contribution in [-0.2, 0) is 19.6 Å². The number of hydrogen-bond donors (Lipinski definition) is 1. The maximum absolute atomic E-state index is 12.5. The first kappa shape index (κ1) is 21.1. The second-order valence-corrected chi connectivity index (χ2v) is 8.41. The van der Waals surface area contributed by atoms with Crippen LogP contribution in [0.25, 0.3) is 0 Å². The van der Waals surface area contributed by atoms with E-state index in [4.69, 9.17) is 4.74 Å². The molecule has 0 radical (unpaired) electrons. The van der Waals surface area contributed by atoms with Gasteiger partial charge in [0.2, 0.25) is 10.0 Å². The Labute approximate surface area is 149 Å². The molecule has 0 saturated heterocycles. The number of rotatable bonds is 8. The predicted molar refractivity (Wildman–Crippen MR) is 94.7 cm³/mol. The molecule has 1 aromatic rings. The Morgan fingerprint density at radius 3 is 2.40 bits per heavy atom. The number of amides is 1. The molecule has 1 aromatic carbocycles. The zero-order valence-electron chi connectivity index (χ0n) is 15.3. The van der Waals surface area contributed by atoms with E-state index in [2.05, 4.69) is 5.32 Å². The zero-order valence-corrected chi connectivity index (χ0v) is 16.1. The fourth-order valence-electron chi connectivity index (χ4n) is 1.81. The van der Waals surface area contributed by atoms with Crippen molar-refractivity contribution < 1.29 is 22.7 Å². The maximum atomic E-state index is 12.5. The van der Waals surface area contributed by atoms with Gasteiger partial charge in [0.05, 0.1) is 10.5 Å². The van der Waals surface area contributed by atoms with Gasteiger partial charge in [-0.15, -0.1) is 0 Å². The van der Waals surface area contributed by atoms with Crippen molar-refractivity contribution in [3.63, 3.8) is 0 Å². The number of esters is 1. The molecule has 140 valence electrons. The van der Waals surface area contributed by atoms with Crippen LogP contribution in [-0.4, -0.2) is 50.8 Å². The summed E-state index contributed by atoms with van der Waals surface area (Å²) in [5.41, 5.74) is 0.0786. The Balaban J connectivity index is 2.81. The van der Waals surface area contributed by atoms with Gasteiger partial charge in [0.1, 0.15) is 0 Å². The summed E-state index contributed by atoms with van der Waals surface area (Å²) in [5, 5.41) is 2.63. The van der Waals surface area contributed by atoms with Gasteiger partial charge in [0.25, 0.3) is 5.91 Å². The van der Waals surface area contributed by atoms with E-state index in [0.717, 1.165) is 0 Å². The lowest BCUT2D eigenvalue weighted by molar-refractivity contribution is -0.124. The Kier molecular flexibility index (Phi) is 7.57. The van der Waals surface area contributed by atoms with Crippen LogP contribution in [0, 0.1) is 5.92 Å². The van der Waals surface area contributed by atoms with Crippen LogP contribution in [0.4, 0.5) is 0 Å². The molecule has 25 heavy (non-hydrogen) atoms. The SMILES string of the molecule is CC(C)CNC(=O)COC(=O)c1cccc(S(=O)(=O)N(C)C(C)C)c1. The molecule has 0 aliphatic heterocycles. The molecule has 0 saturated carbocycles. The van der Waals surface area contributed by atoms with Gasteiger partial charge < -0.3 is 10.1 Å². The predicted octanol–water partition coefficient (Wildman–Crippen LogP) is 1.64. The molecular formula is C17H26N2O5S. The lowest BCUT2D eigenvalue weighted by atomic mass is 10.2. The second-order valence-electron chi connectivity index (χ2n) is 6.42. The summed E-state index contributed by atoms with van der Waals surface area (Å²) in [6.07, 6.45) is 0. The molecule has 8 heteroatoms. The van der Waals surface area contributed by atoms with Gasteiger partial charge in [-0.2, -0.15) is 4.31 Å². The van der Waals surface area contributed by atoms with Crippen LogP contribution < -0.4 is 5.32 Å². The van der Waals surface area contributed by atoms with E-state index in [0.29, 0.717) is 12.5 Å². The number of carbonyl (C=O) groups excluding carboxylic acids is 2. The minimum atomic E-state index is -3.70. The molecule has 0 fully saturated rings. The van der Waals surface area contributed by atoms with Crippen LogP contribution in [0.5, 0.6) is 0 Å². The molecule has 0 aliphatic rings. The minimum Gasteiger partial charge on any atom is -0.452 e. The van der Waals surface area contributed by atoms with Crippen LogP contribution in [0.2, 0.25) is 0 Å². The maximum Gasteiger partial charge on any atom is 0.338 e. The fourth-order valence-corrected chi connectivity index (χ4v) is 3.22. The largest absolute Gasteiger partial charge is 0.452 e. The normalized spacial score (nSPS) is 11.8. The van der Waals surface area contributed by atoms with Crippen LogP contribution in [0.3, 0.4) is 0 Å². The summed E-state index contributed by atoms with van der Waals surface area (Å²) in [5.74, 6) is -0.853. The summed E-state index contributed by atoms with van der Waals surface area (Å²) in [4.78, 5) is 23.6. The number of hydrogen-bond acceptors (Lipinski definition) is 5. The molecule has 0 unspecified atom stereocenters. The first-order chi connectivity index (χ1) is 11.6. The molecule has 0 spiro atoms. The summed E-state index contributed by atoms with van der Waals surface area (Å²) < 4.78 is 31.1. The standard InChI is InChI=1S/C17H26N2O5S/c1-12(2)10-18-16(20)11-24-17(21)14-7-6-8-15(9-14)25(22,23)19(5)13(3)4/h6-9,12-13H,10-11H2,1-5H3,(H,18,20). The fraction of sp³-hybridized carbons (Fsp3) is 0.529. The van der Waals surface area contributed by atoms with Crippen molar-refractivity contribution in [1.82, 2.24) is 9.62 Å². The van der Waals surface area contributed by atoms with E-state index in [9.17, 15) is 18.0 Å². The highest BCUT2D eigenvalue weighted by Crippen LogP contribution is 2.18. The van der Waals surface area contributed by atoms with Crippen LogP contribution >= 0.6 is 0 Å². The van der Waals surface area contributed by atoms with Crippen LogP contribution in [0.1, 0.15) is 38.1 Å². The molecule has 1 amide bonds. The highest BCUT2D eigenvalue weighted by molar-refractivity contribution is 7.89. The van der Waals surface area contributed by atoms with E-state index >= 15 is 0 Å². The molecular weight excluding hydrogens is 344 g/mol. The third kappa shape index (κ3) is 6.13. The molecule has 7 nitrogen and oxygen atoms in total. The third-order valence-electron chi connectivity index (χ3n) is 3.52. The van der Waals surface area contributed by atoms with E-state index < -0.39 is 28.5 Å². The van der Waals surface area contributed by atoms with Crippen molar-refractivity contribution in [3.8, 4) is 0 Å². The molecule has 1 N–H and O–H groups in total. The average molecular weight is 370 g/mol. The molecule has 0 bridgehead atoms. The molecule has 0 atom stereocenters. The lowest BCUT2D eigenvalue weighted by Gasteiger charge is -2.21. The minimum absolute atomic E-state index is 0.00223. The quantitative estimate of drug-likeness (QED) is 0.702. The first-order valence-electron chi connectivity index (χ1n) is 8.07. The molecule has 0 heterocycles. The Morgan fingerprint density at radius 2 is 1.84 bits per heavy atom. The van der Waals surface area contributed by atoms with Crippen molar-refractivity contribution in [3.05, 3.63) is 29.8 Å². The van der Waals surface area contributed by atoms with Gasteiger partial charge >= 0.3 is 5.97 Å². The summed E-state index contributed by atoms with van der Waals surface area (Å²) in [7, 11) is -2.22. The van der Waals surface area contributed by atoms with Crippen molar-refractivity contribution in [1.29, 1.82) is 0 Å². The number of benzene rings is 1. The van der Waals surface area contributed by atoms with Gasteiger partial charge in [-0.25, -0.2) is 13.2 Å². The third-order valence-corrected chi connectivity index (χ3v) is 5.55. The molecule has 1 rings (SSSR count). The summed E-state index contributed by atoms with van der Waals surface area (Å²) in [6, 6.07) is 5.37. The highest BCUT2D eigenvalue weighted by Gasteiger charge is 2.24. The Hall–Kier alpha value is -1.93. The number of nitrogens with zero attached hydrogens (tertiary/aromatic N) is 1.